The quantitative estimate of drug-likeness (QED) is 0.167. The first-order valence-corrected chi connectivity index (χ1v) is 18.5. The lowest BCUT2D eigenvalue weighted by Gasteiger charge is -2.21. The van der Waals surface area contributed by atoms with Gasteiger partial charge in [-0.15, -0.1) is 0 Å². The molecule has 0 unspecified atom stereocenters. The van der Waals surface area contributed by atoms with Gasteiger partial charge in [-0.25, -0.2) is 0 Å². The second kappa shape index (κ2) is 10.2. The zero-order valence-electron chi connectivity index (χ0n) is 29.4. The molecule has 0 bridgehead atoms. The van der Waals surface area contributed by atoms with Gasteiger partial charge in [0.2, 0.25) is 0 Å². The highest BCUT2D eigenvalue weighted by atomic mass is 16.3. The molecule has 2 aromatic heterocycles. The highest BCUT2D eigenvalue weighted by Crippen LogP contribution is 2.53. The van der Waals surface area contributed by atoms with E-state index < -0.39 is 0 Å². The molecule has 248 valence electrons. The molecule has 2 heteroatoms. The van der Waals surface area contributed by atoms with E-state index in [0.29, 0.717) is 0 Å². The highest BCUT2D eigenvalue weighted by Gasteiger charge is 2.37. The van der Waals surface area contributed by atoms with E-state index >= 15 is 0 Å². The predicted molar refractivity (Wildman–Crippen MR) is 224 cm³/mol. The van der Waals surface area contributed by atoms with Crippen LogP contribution in [0.4, 0.5) is 0 Å². The lowest BCUT2D eigenvalue weighted by atomic mass is 9.82. The molecule has 0 radical (unpaired) electrons. The Morgan fingerprint density at radius 2 is 1.02 bits per heavy atom. The van der Waals surface area contributed by atoms with Gasteiger partial charge in [-0.3, -0.25) is 0 Å². The molecule has 0 amide bonds. The van der Waals surface area contributed by atoms with E-state index in [9.17, 15) is 0 Å². The van der Waals surface area contributed by atoms with Crippen molar-refractivity contribution in [3.63, 3.8) is 0 Å². The molecular weight excluding hydrogens is 643 g/mol. The molecule has 12 rings (SSSR count). The van der Waals surface area contributed by atoms with E-state index in [1.165, 1.54) is 98.3 Å². The number of fused-ring (bicyclic) bond motifs is 14. The van der Waals surface area contributed by atoms with Crippen molar-refractivity contribution in [2.24, 2.45) is 0 Å². The number of aromatic nitrogens is 1. The fourth-order valence-electron chi connectivity index (χ4n) is 9.58. The van der Waals surface area contributed by atoms with Crippen LogP contribution in [0.5, 0.6) is 0 Å². The average Bonchev–Trinajstić information content (AvgIpc) is 3.81. The zero-order valence-corrected chi connectivity index (χ0v) is 29.4. The van der Waals surface area contributed by atoms with E-state index in [1.54, 1.807) is 0 Å². The molecule has 0 aliphatic heterocycles. The lowest BCUT2D eigenvalue weighted by Crippen LogP contribution is -2.15. The van der Waals surface area contributed by atoms with E-state index in [-0.39, 0.29) is 5.41 Å². The Balaban J connectivity index is 1.06. The van der Waals surface area contributed by atoms with Crippen LogP contribution in [-0.4, -0.2) is 4.57 Å². The van der Waals surface area contributed by atoms with Crippen LogP contribution in [0.15, 0.2) is 168 Å². The lowest BCUT2D eigenvalue weighted by molar-refractivity contribution is 0.647. The second-order valence-electron chi connectivity index (χ2n) is 15.3. The van der Waals surface area contributed by atoms with Gasteiger partial charge in [0.05, 0.1) is 11.0 Å². The second-order valence-corrected chi connectivity index (χ2v) is 15.3. The maximum atomic E-state index is 6.37. The Bertz CT molecular complexity index is 3350. The van der Waals surface area contributed by atoms with Crippen molar-refractivity contribution in [2.75, 3.05) is 0 Å². The van der Waals surface area contributed by atoms with Crippen LogP contribution >= 0.6 is 0 Å². The first-order chi connectivity index (χ1) is 26.0. The summed E-state index contributed by atoms with van der Waals surface area (Å²) >= 11 is 0. The van der Waals surface area contributed by atoms with Gasteiger partial charge >= 0.3 is 0 Å². The minimum atomic E-state index is -0.182. The van der Waals surface area contributed by atoms with E-state index in [2.05, 4.69) is 176 Å². The number of rotatable bonds is 2. The van der Waals surface area contributed by atoms with Gasteiger partial charge in [-0.1, -0.05) is 123 Å². The number of furan rings is 1. The summed E-state index contributed by atoms with van der Waals surface area (Å²) < 4.78 is 8.83. The van der Waals surface area contributed by atoms with Gasteiger partial charge in [0.25, 0.3) is 0 Å². The van der Waals surface area contributed by atoms with Crippen LogP contribution in [0.2, 0.25) is 0 Å². The van der Waals surface area contributed by atoms with Gasteiger partial charge in [0.1, 0.15) is 11.2 Å². The van der Waals surface area contributed by atoms with Crippen molar-refractivity contribution in [1.82, 2.24) is 4.57 Å². The van der Waals surface area contributed by atoms with Crippen LogP contribution in [0.3, 0.4) is 0 Å². The molecule has 2 heterocycles. The van der Waals surface area contributed by atoms with E-state index in [1.807, 2.05) is 6.07 Å². The highest BCUT2D eigenvalue weighted by molar-refractivity contribution is 6.21. The molecule has 0 N–H and O–H groups in total. The molecule has 11 aromatic rings. The van der Waals surface area contributed by atoms with E-state index in [4.69, 9.17) is 4.42 Å². The van der Waals surface area contributed by atoms with Gasteiger partial charge in [-0.2, -0.15) is 0 Å². The molecule has 1 aliphatic rings. The zero-order chi connectivity index (χ0) is 35.0. The van der Waals surface area contributed by atoms with Crippen molar-refractivity contribution in [2.45, 2.75) is 19.3 Å². The summed E-state index contributed by atoms with van der Waals surface area (Å²) in [6, 6.07) is 60.5. The maximum absolute atomic E-state index is 6.37. The number of nitrogens with zero attached hydrogens (tertiary/aromatic N) is 1. The van der Waals surface area contributed by atoms with Crippen molar-refractivity contribution in [3.8, 4) is 27.9 Å². The van der Waals surface area contributed by atoms with Crippen LogP contribution in [0, 0.1) is 0 Å². The fraction of sp³-hybridized carbons (Fsp3) is 0.0588. The molecule has 1 aliphatic carbocycles. The summed E-state index contributed by atoms with van der Waals surface area (Å²) in [5.41, 5.74) is 13.1. The minimum Gasteiger partial charge on any atom is -0.456 e. The molecule has 0 saturated heterocycles. The topological polar surface area (TPSA) is 18.1 Å². The largest absolute Gasteiger partial charge is 0.456 e. The van der Waals surface area contributed by atoms with Crippen LogP contribution in [0.1, 0.15) is 25.0 Å². The Labute approximate surface area is 306 Å². The van der Waals surface area contributed by atoms with Gasteiger partial charge in [0, 0.05) is 32.6 Å². The number of hydrogen-bond donors (Lipinski definition) is 0. The number of para-hydroxylation sites is 2. The average molecular weight is 676 g/mol. The van der Waals surface area contributed by atoms with Gasteiger partial charge in [-0.05, 0) is 120 Å². The Morgan fingerprint density at radius 3 is 1.85 bits per heavy atom. The van der Waals surface area contributed by atoms with Crippen LogP contribution < -0.4 is 0 Å². The van der Waals surface area contributed by atoms with Crippen molar-refractivity contribution in [1.29, 1.82) is 0 Å². The van der Waals surface area contributed by atoms with E-state index in [0.717, 1.165) is 16.9 Å². The normalized spacial score (nSPS) is 13.6. The molecular formula is C51H33NO. The van der Waals surface area contributed by atoms with Gasteiger partial charge < -0.3 is 8.98 Å². The Morgan fingerprint density at radius 1 is 0.396 bits per heavy atom. The van der Waals surface area contributed by atoms with Crippen LogP contribution in [-0.2, 0) is 5.41 Å². The third kappa shape index (κ3) is 3.87. The first-order valence-electron chi connectivity index (χ1n) is 18.5. The molecule has 0 atom stereocenters. The fourth-order valence-corrected chi connectivity index (χ4v) is 9.58. The van der Waals surface area contributed by atoms with Crippen molar-refractivity contribution in [3.05, 3.63) is 175 Å². The standard InChI is InChI=1S/C51H33NO/c1-51(2)45-28-48-43(26-41(45)42-27-44-38-16-8-10-18-49(38)53-50(44)29-46(42)51)37-15-7-9-17-47(37)52(48)32-22-19-31(20-23-32)39-25-40-33-12-4-3-11-30(33)21-24-36(40)34-13-5-6-14-35(34)39/h3-29H,1-2H3. The summed E-state index contributed by atoms with van der Waals surface area (Å²) in [5.74, 6) is 0. The molecule has 0 saturated carbocycles. The third-order valence-electron chi connectivity index (χ3n) is 12.2. The predicted octanol–water partition coefficient (Wildman–Crippen LogP) is 14.1. The summed E-state index contributed by atoms with van der Waals surface area (Å²) in [6.45, 7) is 4.72. The molecule has 9 aromatic carbocycles. The van der Waals surface area contributed by atoms with Crippen LogP contribution in [0.25, 0.3) is 104 Å². The Hall–Kier alpha value is -6.64. The Kier molecular flexibility index (Phi) is 5.60. The summed E-state index contributed by atoms with van der Waals surface area (Å²) in [4.78, 5) is 0. The maximum Gasteiger partial charge on any atom is 0.135 e. The van der Waals surface area contributed by atoms with Crippen molar-refractivity contribution < 1.29 is 4.42 Å². The summed E-state index contributed by atoms with van der Waals surface area (Å²) in [6.07, 6.45) is 0. The van der Waals surface area contributed by atoms with Gasteiger partial charge in [0.15, 0.2) is 0 Å². The monoisotopic (exact) mass is 675 g/mol. The minimum absolute atomic E-state index is 0.182. The first kappa shape index (κ1) is 29.0. The number of hydrogen-bond acceptors (Lipinski definition) is 1. The number of benzene rings is 9. The SMILES string of the molecule is CC1(C)c2cc3oc4ccccc4c3cc2-c2cc3c4ccccc4n(-c4ccc(-c5cc6c7ccccc7ccc6c6ccccc56)cc4)c3cc21. The summed E-state index contributed by atoms with van der Waals surface area (Å²) in [5, 5.41) is 12.6. The molecule has 0 fully saturated rings. The molecule has 2 nitrogen and oxygen atoms in total. The third-order valence-corrected chi connectivity index (χ3v) is 12.2. The molecule has 0 spiro atoms. The smallest absolute Gasteiger partial charge is 0.135 e. The van der Waals surface area contributed by atoms with Crippen molar-refractivity contribution >= 4 is 76.1 Å². The summed E-state index contributed by atoms with van der Waals surface area (Å²) in [7, 11) is 0. The molecule has 53 heavy (non-hydrogen) atoms.